The van der Waals surface area contributed by atoms with Crippen molar-refractivity contribution in [3.63, 3.8) is 0 Å². The lowest BCUT2D eigenvalue weighted by molar-refractivity contribution is 0.442. The van der Waals surface area contributed by atoms with E-state index in [0.29, 0.717) is 16.5 Å². The fourth-order valence-electron chi connectivity index (χ4n) is 1.56. The van der Waals surface area contributed by atoms with Gasteiger partial charge in [-0.3, -0.25) is 4.21 Å². The van der Waals surface area contributed by atoms with E-state index in [4.69, 9.17) is 0 Å². The van der Waals surface area contributed by atoms with E-state index in [0.717, 1.165) is 11.9 Å². The molecular formula is C13H18N4OS. The Labute approximate surface area is 115 Å². The molecule has 1 atom stereocenters. The highest BCUT2D eigenvalue weighted by molar-refractivity contribution is 7.84. The lowest BCUT2D eigenvalue weighted by Gasteiger charge is -2.19. The molecule has 0 aromatic carbocycles. The highest BCUT2D eigenvalue weighted by Crippen LogP contribution is 2.21. The minimum absolute atomic E-state index is 0.146. The Morgan fingerprint density at radius 1 is 1.32 bits per heavy atom. The molecule has 19 heavy (non-hydrogen) atoms. The normalized spacial score (nSPS) is 13.5. The summed E-state index contributed by atoms with van der Waals surface area (Å²) in [6.07, 6.45) is 4.97. The first-order valence-electron chi connectivity index (χ1n) is 6.06. The molecular weight excluding hydrogens is 260 g/mol. The van der Waals surface area contributed by atoms with Crippen LogP contribution in [0.3, 0.4) is 0 Å². The zero-order valence-electron chi connectivity index (χ0n) is 11.6. The predicted octanol–water partition coefficient (Wildman–Crippen LogP) is 2.22. The van der Waals surface area contributed by atoms with Crippen molar-refractivity contribution in [3.8, 4) is 0 Å². The van der Waals surface area contributed by atoms with Gasteiger partial charge in [-0.15, -0.1) is 0 Å². The fourth-order valence-corrected chi connectivity index (χ4v) is 1.98. The fraction of sp³-hybridized carbons (Fsp3) is 0.462. The maximum Gasteiger partial charge on any atom is 0.218 e. The number of anilines is 1. The van der Waals surface area contributed by atoms with Gasteiger partial charge in [0.2, 0.25) is 5.16 Å². The topological polar surface area (TPSA) is 67.8 Å². The monoisotopic (exact) mass is 278 g/mol. The number of aromatic nitrogens is 3. The van der Waals surface area contributed by atoms with E-state index in [1.807, 2.05) is 6.07 Å². The molecule has 0 amide bonds. The first-order chi connectivity index (χ1) is 8.87. The highest BCUT2D eigenvalue weighted by Gasteiger charge is 2.13. The molecule has 0 aliphatic heterocycles. The average molecular weight is 278 g/mol. The van der Waals surface area contributed by atoms with Crippen LogP contribution in [0.15, 0.2) is 23.6 Å². The largest absolute Gasteiger partial charge is 0.368 e. The summed E-state index contributed by atoms with van der Waals surface area (Å²) in [5.74, 6) is 0.710. The van der Waals surface area contributed by atoms with Gasteiger partial charge in [0.25, 0.3) is 0 Å². The van der Waals surface area contributed by atoms with Gasteiger partial charge < -0.3 is 5.32 Å². The van der Waals surface area contributed by atoms with Crippen LogP contribution in [0.1, 0.15) is 20.8 Å². The second-order valence-corrected chi connectivity index (χ2v) is 6.89. The SMILES string of the molecule is CS(=O)c1ncc2ccnc(NCC(C)(C)C)c2n1. The summed E-state index contributed by atoms with van der Waals surface area (Å²) in [6.45, 7) is 7.22. The average Bonchev–Trinajstić information content (AvgIpc) is 2.34. The van der Waals surface area contributed by atoms with E-state index in [1.54, 1.807) is 18.6 Å². The smallest absolute Gasteiger partial charge is 0.218 e. The van der Waals surface area contributed by atoms with Crippen LogP contribution in [0.5, 0.6) is 0 Å². The number of rotatable bonds is 3. The highest BCUT2D eigenvalue weighted by atomic mass is 32.2. The van der Waals surface area contributed by atoms with Crippen LogP contribution in [0.4, 0.5) is 5.82 Å². The Hall–Kier alpha value is -1.56. The Balaban J connectivity index is 2.42. The van der Waals surface area contributed by atoms with Gasteiger partial charge >= 0.3 is 0 Å². The molecule has 0 aliphatic carbocycles. The molecule has 0 radical (unpaired) electrons. The molecule has 0 bridgehead atoms. The van der Waals surface area contributed by atoms with Crippen molar-refractivity contribution in [1.82, 2.24) is 15.0 Å². The molecule has 1 N–H and O–H groups in total. The summed E-state index contributed by atoms with van der Waals surface area (Å²) in [6, 6.07) is 1.85. The van der Waals surface area contributed by atoms with Crippen molar-refractivity contribution in [1.29, 1.82) is 0 Å². The van der Waals surface area contributed by atoms with Crippen molar-refractivity contribution < 1.29 is 4.21 Å². The van der Waals surface area contributed by atoms with Crippen molar-refractivity contribution in [2.45, 2.75) is 25.9 Å². The third-order valence-electron chi connectivity index (χ3n) is 2.52. The van der Waals surface area contributed by atoms with Gasteiger partial charge in [-0.1, -0.05) is 20.8 Å². The summed E-state index contributed by atoms with van der Waals surface area (Å²) in [7, 11) is -1.19. The maximum atomic E-state index is 11.5. The number of fused-ring (bicyclic) bond motifs is 1. The minimum Gasteiger partial charge on any atom is -0.368 e. The van der Waals surface area contributed by atoms with E-state index in [-0.39, 0.29) is 5.41 Å². The third-order valence-corrected chi connectivity index (χ3v) is 3.23. The summed E-state index contributed by atoms with van der Waals surface area (Å²) >= 11 is 0. The van der Waals surface area contributed by atoms with E-state index in [2.05, 4.69) is 41.0 Å². The maximum absolute atomic E-state index is 11.5. The molecule has 2 aromatic rings. The van der Waals surface area contributed by atoms with Crippen molar-refractivity contribution in [3.05, 3.63) is 18.5 Å². The molecule has 0 saturated heterocycles. The Kier molecular flexibility index (Phi) is 3.80. The lowest BCUT2D eigenvalue weighted by atomic mass is 9.97. The third kappa shape index (κ3) is 3.47. The standard InChI is InChI=1S/C13H18N4OS/c1-13(2,3)8-16-11-10-9(5-6-14-11)7-15-12(17-10)19(4)18/h5-7H,8H2,1-4H3,(H,14,16). The molecule has 0 spiro atoms. The van der Waals surface area contributed by atoms with E-state index < -0.39 is 10.8 Å². The predicted molar refractivity (Wildman–Crippen MR) is 77.6 cm³/mol. The molecule has 1 unspecified atom stereocenters. The zero-order chi connectivity index (χ0) is 14.0. The first-order valence-corrected chi connectivity index (χ1v) is 7.62. The van der Waals surface area contributed by atoms with E-state index >= 15 is 0 Å². The summed E-state index contributed by atoms with van der Waals surface area (Å²) in [5, 5.41) is 4.52. The number of pyridine rings is 1. The number of nitrogens with one attached hydrogen (secondary N) is 1. The molecule has 0 fully saturated rings. The van der Waals surface area contributed by atoms with Crippen LogP contribution in [-0.2, 0) is 10.8 Å². The van der Waals surface area contributed by atoms with E-state index in [1.165, 1.54) is 0 Å². The second kappa shape index (κ2) is 5.21. The number of hydrogen-bond donors (Lipinski definition) is 1. The van der Waals surface area contributed by atoms with Crippen LogP contribution < -0.4 is 5.32 Å². The summed E-state index contributed by atoms with van der Waals surface area (Å²) < 4.78 is 11.5. The van der Waals surface area contributed by atoms with Gasteiger partial charge in [0.15, 0.2) is 5.82 Å². The minimum atomic E-state index is -1.19. The van der Waals surface area contributed by atoms with Crippen LogP contribution in [-0.4, -0.2) is 32.0 Å². The van der Waals surface area contributed by atoms with Crippen molar-refractivity contribution >= 4 is 27.5 Å². The molecule has 0 aliphatic rings. The van der Waals surface area contributed by atoms with Gasteiger partial charge in [-0.2, -0.15) is 0 Å². The molecule has 2 rings (SSSR count). The van der Waals surface area contributed by atoms with Gasteiger partial charge in [-0.25, -0.2) is 15.0 Å². The quantitative estimate of drug-likeness (QED) is 0.872. The molecule has 2 aromatic heterocycles. The van der Waals surface area contributed by atoms with Gasteiger partial charge in [0, 0.05) is 30.6 Å². The lowest BCUT2D eigenvalue weighted by Crippen LogP contribution is -2.19. The van der Waals surface area contributed by atoms with Gasteiger partial charge in [0.05, 0.1) is 10.8 Å². The van der Waals surface area contributed by atoms with Gasteiger partial charge in [0.1, 0.15) is 5.52 Å². The second-order valence-electron chi connectivity index (χ2n) is 5.62. The molecule has 0 saturated carbocycles. The Bertz CT molecular complexity index is 622. The summed E-state index contributed by atoms with van der Waals surface area (Å²) in [5.41, 5.74) is 0.861. The zero-order valence-corrected chi connectivity index (χ0v) is 12.4. The Morgan fingerprint density at radius 2 is 2.05 bits per heavy atom. The van der Waals surface area contributed by atoms with Crippen LogP contribution in [0.2, 0.25) is 0 Å². The van der Waals surface area contributed by atoms with Crippen LogP contribution in [0.25, 0.3) is 10.9 Å². The van der Waals surface area contributed by atoms with Crippen LogP contribution in [0, 0.1) is 5.41 Å². The van der Waals surface area contributed by atoms with Crippen molar-refractivity contribution in [2.75, 3.05) is 18.1 Å². The van der Waals surface area contributed by atoms with Gasteiger partial charge in [-0.05, 0) is 11.5 Å². The Morgan fingerprint density at radius 3 is 2.68 bits per heavy atom. The molecule has 102 valence electrons. The molecule has 5 nitrogen and oxygen atoms in total. The van der Waals surface area contributed by atoms with Crippen LogP contribution >= 0.6 is 0 Å². The van der Waals surface area contributed by atoms with E-state index in [9.17, 15) is 4.21 Å². The molecule has 6 heteroatoms. The molecule has 2 heterocycles. The number of nitrogens with zero attached hydrogens (tertiary/aromatic N) is 3. The van der Waals surface area contributed by atoms with Crippen molar-refractivity contribution in [2.24, 2.45) is 5.41 Å². The summed E-state index contributed by atoms with van der Waals surface area (Å²) in [4.78, 5) is 12.7. The first kappa shape index (κ1) is 13.9. The number of hydrogen-bond acceptors (Lipinski definition) is 5.